The third-order valence-electron chi connectivity index (χ3n) is 1.49. The quantitative estimate of drug-likeness (QED) is 0.394. The summed E-state index contributed by atoms with van der Waals surface area (Å²) < 4.78 is 5.22. The van der Waals surface area contributed by atoms with Crippen molar-refractivity contribution in [3.8, 4) is 0 Å². The van der Waals surface area contributed by atoms with E-state index in [2.05, 4.69) is 13.8 Å². The molecule has 1 nitrogen and oxygen atoms in total. The van der Waals surface area contributed by atoms with Gasteiger partial charge in [0.15, 0.2) is 0 Å². The first-order valence-corrected chi connectivity index (χ1v) is 3.04. The Morgan fingerprint density at radius 2 is 1.50 bits per heavy atom. The number of hydrogen-bond donors (Lipinski definition) is 0. The van der Waals surface area contributed by atoms with Crippen molar-refractivity contribution in [1.82, 2.24) is 0 Å². The van der Waals surface area contributed by atoms with Crippen molar-refractivity contribution in [2.75, 3.05) is 0 Å². The summed E-state index contributed by atoms with van der Waals surface area (Å²) in [4.78, 5) is 0. The molecule has 0 amide bonds. The standard InChI is InChI=1S/C6H12O.Na.H/c1-3-5-6(4-2)7-5;;/h5-6H,3-4H2,1-2H3;;. The summed E-state index contributed by atoms with van der Waals surface area (Å²) in [5.74, 6) is 0. The van der Waals surface area contributed by atoms with E-state index in [1.165, 1.54) is 12.8 Å². The Hall–Kier alpha value is 0.960. The molecule has 0 aliphatic carbocycles. The molecule has 0 radical (unpaired) electrons. The van der Waals surface area contributed by atoms with Crippen LogP contribution >= 0.6 is 0 Å². The molecule has 0 N–H and O–H groups in total. The second kappa shape index (κ2) is 3.89. The van der Waals surface area contributed by atoms with E-state index in [1.54, 1.807) is 0 Å². The third-order valence-corrected chi connectivity index (χ3v) is 1.49. The van der Waals surface area contributed by atoms with Crippen molar-refractivity contribution in [2.45, 2.75) is 38.9 Å². The van der Waals surface area contributed by atoms with Gasteiger partial charge in [0.1, 0.15) is 0 Å². The van der Waals surface area contributed by atoms with E-state index in [0.29, 0.717) is 12.2 Å². The Kier molecular flexibility index (Phi) is 4.35. The van der Waals surface area contributed by atoms with Crippen molar-refractivity contribution in [2.24, 2.45) is 0 Å². The number of hydrogen-bond acceptors (Lipinski definition) is 1. The fourth-order valence-electron chi connectivity index (χ4n) is 0.897. The van der Waals surface area contributed by atoms with E-state index >= 15 is 0 Å². The summed E-state index contributed by atoms with van der Waals surface area (Å²) in [6.07, 6.45) is 3.62. The molecule has 1 fully saturated rings. The van der Waals surface area contributed by atoms with E-state index in [1.807, 2.05) is 0 Å². The predicted molar refractivity (Wildman–Crippen MR) is 36.4 cm³/mol. The SMILES string of the molecule is CCC1OC1CC.[NaH]. The Morgan fingerprint density at radius 1 is 1.12 bits per heavy atom. The van der Waals surface area contributed by atoms with Gasteiger partial charge in [0, 0.05) is 0 Å². The Morgan fingerprint density at radius 3 is 1.62 bits per heavy atom. The van der Waals surface area contributed by atoms with Crippen LogP contribution < -0.4 is 0 Å². The van der Waals surface area contributed by atoms with E-state index in [-0.39, 0.29) is 29.6 Å². The first-order chi connectivity index (χ1) is 3.38. The summed E-state index contributed by atoms with van der Waals surface area (Å²) >= 11 is 0. The zero-order valence-corrected chi connectivity index (χ0v) is 4.98. The van der Waals surface area contributed by atoms with Crippen LogP contribution in [0.4, 0.5) is 0 Å². The summed E-state index contributed by atoms with van der Waals surface area (Å²) in [5, 5.41) is 0. The molecule has 2 unspecified atom stereocenters. The second-order valence-electron chi connectivity index (χ2n) is 2.03. The van der Waals surface area contributed by atoms with Crippen LogP contribution in [0.3, 0.4) is 0 Å². The first kappa shape index (κ1) is 8.96. The van der Waals surface area contributed by atoms with Gasteiger partial charge in [-0.15, -0.1) is 0 Å². The van der Waals surface area contributed by atoms with Crippen LogP contribution in [0.25, 0.3) is 0 Å². The van der Waals surface area contributed by atoms with E-state index in [0.717, 1.165) is 0 Å². The molecule has 44 valence electrons. The van der Waals surface area contributed by atoms with Gasteiger partial charge in [-0.25, -0.2) is 0 Å². The van der Waals surface area contributed by atoms with E-state index in [4.69, 9.17) is 4.74 Å². The van der Waals surface area contributed by atoms with Crippen molar-refractivity contribution in [3.05, 3.63) is 0 Å². The minimum atomic E-state index is 0. The zero-order valence-electron chi connectivity index (χ0n) is 4.98. The number of epoxide rings is 1. The van der Waals surface area contributed by atoms with Gasteiger partial charge >= 0.3 is 29.6 Å². The van der Waals surface area contributed by atoms with E-state index in [9.17, 15) is 0 Å². The Labute approximate surface area is 73.1 Å². The molecule has 8 heavy (non-hydrogen) atoms. The molecule has 1 saturated heterocycles. The van der Waals surface area contributed by atoms with Gasteiger partial charge in [-0.3, -0.25) is 0 Å². The van der Waals surface area contributed by atoms with Crippen LogP contribution in [-0.2, 0) is 4.74 Å². The molecule has 0 aromatic carbocycles. The van der Waals surface area contributed by atoms with Gasteiger partial charge in [0.25, 0.3) is 0 Å². The molecule has 0 saturated carbocycles. The van der Waals surface area contributed by atoms with Gasteiger partial charge < -0.3 is 4.74 Å². The second-order valence-corrected chi connectivity index (χ2v) is 2.03. The molecule has 2 atom stereocenters. The molecule has 0 bridgehead atoms. The number of rotatable bonds is 2. The van der Waals surface area contributed by atoms with Crippen molar-refractivity contribution in [1.29, 1.82) is 0 Å². The van der Waals surface area contributed by atoms with Crippen molar-refractivity contribution in [3.63, 3.8) is 0 Å². The fraction of sp³-hybridized carbons (Fsp3) is 1.00. The Balaban J connectivity index is 0.000000490. The zero-order chi connectivity index (χ0) is 5.28. The van der Waals surface area contributed by atoms with Crippen LogP contribution in [0.5, 0.6) is 0 Å². The topological polar surface area (TPSA) is 12.5 Å². The summed E-state index contributed by atoms with van der Waals surface area (Å²) in [6.45, 7) is 4.33. The van der Waals surface area contributed by atoms with Gasteiger partial charge in [0.05, 0.1) is 12.2 Å². The summed E-state index contributed by atoms with van der Waals surface area (Å²) in [6, 6.07) is 0. The summed E-state index contributed by atoms with van der Waals surface area (Å²) in [7, 11) is 0. The average molecular weight is 124 g/mol. The van der Waals surface area contributed by atoms with Gasteiger partial charge in [0.2, 0.25) is 0 Å². The van der Waals surface area contributed by atoms with Gasteiger partial charge in [-0.05, 0) is 12.8 Å². The molecule has 2 heteroatoms. The fourth-order valence-corrected chi connectivity index (χ4v) is 0.897. The first-order valence-electron chi connectivity index (χ1n) is 3.04. The Bertz CT molecular complexity index is 57.5. The van der Waals surface area contributed by atoms with Gasteiger partial charge in [-0.1, -0.05) is 13.8 Å². The summed E-state index contributed by atoms with van der Waals surface area (Å²) in [5.41, 5.74) is 0. The van der Waals surface area contributed by atoms with Gasteiger partial charge in [-0.2, -0.15) is 0 Å². The molecule has 0 spiro atoms. The third kappa shape index (κ3) is 2.06. The van der Waals surface area contributed by atoms with Crippen LogP contribution in [0.2, 0.25) is 0 Å². The average Bonchev–Trinajstić information content (AvgIpc) is 2.43. The maximum atomic E-state index is 5.22. The molecular formula is C6H13NaO. The van der Waals surface area contributed by atoms with Crippen LogP contribution in [0.15, 0.2) is 0 Å². The van der Waals surface area contributed by atoms with Crippen LogP contribution in [0, 0.1) is 0 Å². The normalized spacial score (nSPS) is 33.8. The van der Waals surface area contributed by atoms with Crippen LogP contribution in [0.1, 0.15) is 26.7 Å². The predicted octanol–water partition coefficient (Wildman–Crippen LogP) is 0.925. The molecule has 1 aliphatic heterocycles. The molecule has 1 aliphatic rings. The molecule has 0 aromatic rings. The maximum absolute atomic E-state index is 5.22. The molecule has 1 rings (SSSR count). The molecular weight excluding hydrogens is 111 g/mol. The van der Waals surface area contributed by atoms with Crippen molar-refractivity contribution < 1.29 is 4.74 Å². The van der Waals surface area contributed by atoms with Crippen molar-refractivity contribution >= 4 is 29.6 Å². The minimum absolute atomic E-state index is 0. The monoisotopic (exact) mass is 124 g/mol. The molecule has 1 heterocycles. The van der Waals surface area contributed by atoms with Crippen LogP contribution in [-0.4, -0.2) is 41.8 Å². The van der Waals surface area contributed by atoms with E-state index < -0.39 is 0 Å². The molecule has 0 aromatic heterocycles. The number of ether oxygens (including phenoxy) is 1.